The van der Waals surface area contributed by atoms with Gasteiger partial charge in [0.2, 0.25) is 0 Å². The third kappa shape index (κ3) is 4.87. The quantitative estimate of drug-likeness (QED) is 0.587. The van der Waals surface area contributed by atoms with Gasteiger partial charge < -0.3 is 19.7 Å². The highest BCUT2D eigenvalue weighted by atomic mass is 35.5. The molecule has 0 amide bonds. The van der Waals surface area contributed by atoms with Crippen LogP contribution in [0.2, 0.25) is 10.0 Å². The second-order valence-corrected chi connectivity index (χ2v) is 6.29. The molecule has 0 aliphatic carbocycles. The van der Waals surface area contributed by atoms with Gasteiger partial charge in [-0.2, -0.15) is 0 Å². The minimum atomic E-state index is 0.298. The molecule has 4 nitrogen and oxygen atoms in total. The molecule has 1 aromatic rings. The number of nitrogens with zero attached hydrogens (tertiary/aromatic N) is 1. The number of rotatable bonds is 10. The van der Waals surface area contributed by atoms with Crippen molar-refractivity contribution >= 4 is 28.9 Å². The van der Waals surface area contributed by atoms with E-state index in [1.165, 1.54) is 0 Å². The van der Waals surface area contributed by atoms with Gasteiger partial charge in [-0.15, -0.1) is 0 Å². The summed E-state index contributed by atoms with van der Waals surface area (Å²) in [5, 5.41) is 4.30. The number of hydrogen-bond donors (Lipinski definition) is 1. The molecular formula is C18H28Cl2N2O2. The highest BCUT2D eigenvalue weighted by molar-refractivity contribution is 6.41. The SMILES string of the molecule is C=C(NC(C)CC)N(CCC)c1c(Cl)c(OC)cc(OCC)c1Cl. The van der Waals surface area contributed by atoms with Crippen LogP contribution in [0.3, 0.4) is 0 Å². The van der Waals surface area contributed by atoms with Crippen LogP contribution in [0.15, 0.2) is 18.5 Å². The van der Waals surface area contributed by atoms with E-state index in [-0.39, 0.29) is 0 Å². The van der Waals surface area contributed by atoms with Gasteiger partial charge in [0.15, 0.2) is 0 Å². The van der Waals surface area contributed by atoms with Crippen LogP contribution >= 0.6 is 23.2 Å². The standard InChI is InChI=1S/C18H28Cl2N2O2/c1-7-10-22(13(5)21-12(4)8-2)18-16(19)14(23-6)11-15(17(18)20)24-9-3/h11-12,21H,5,7-10H2,1-4,6H3. The summed E-state index contributed by atoms with van der Waals surface area (Å²) in [6, 6.07) is 2.01. The van der Waals surface area contributed by atoms with Crippen molar-refractivity contribution < 1.29 is 9.47 Å². The zero-order chi connectivity index (χ0) is 18.3. The molecule has 0 aliphatic heterocycles. The van der Waals surface area contributed by atoms with E-state index in [0.29, 0.717) is 39.9 Å². The summed E-state index contributed by atoms with van der Waals surface area (Å²) in [7, 11) is 1.57. The number of halogens is 2. The highest BCUT2D eigenvalue weighted by Crippen LogP contribution is 2.46. The van der Waals surface area contributed by atoms with Gasteiger partial charge in [0.05, 0.1) is 25.2 Å². The number of anilines is 1. The number of ether oxygens (including phenoxy) is 2. The van der Waals surface area contributed by atoms with Gasteiger partial charge >= 0.3 is 0 Å². The molecule has 1 unspecified atom stereocenters. The Morgan fingerprint density at radius 1 is 1.25 bits per heavy atom. The third-order valence-corrected chi connectivity index (χ3v) is 4.43. The second-order valence-electron chi connectivity index (χ2n) is 5.54. The zero-order valence-electron chi connectivity index (χ0n) is 15.2. The van der Waals surface area contributed by atoms with Gasteiger partial charge in [0.1, 0.15) is 21.5 Å². The lowest BCUT2D eigenvalue weighted by molar-refractivity contribution is 0.336. The molecule has 0 saturated carbocycles. The number of methoxy groups -OCH3 is 1. The van der Waals surface area contributed by atoms with Crippen molar-refractivity contribution in [3.05, 3.63) is 28.5 Å². The van der Waals surface area contributed by atoms with Gasteiger partial charge in [0, 0.05) is 18.7 Å². The minimum Gasteiger partial charge on any atom is -0.495 e. The average Bonchev–Trinajstić information content (AvgIpc) is 2.56. The van der Waals surface area contributed by atoms with Crippen molar-refractivity contribution in [2.75, 3.05) is 25.2 Å². The molecule has 1 atom stereocenters. The third-order valence-electron chi connectivity index (χ3n) is 3.70. The lowest BCUT2D eigenvalue weighted by Crippen LogP contribution is -2.36. The van der Waals surface area contributed by atoms with E-state index in [9.17, 15) is 0 Å². The molecule has 0 bridgehead atoms. The van der Waals surface area contributed by atoms with Crippen LogP contribution in [0.25, 0.3) is 0 Å². The molecular weight excluding hydrogens is 347 g/mol. The molecule has 0 heterocycles. The fourth-order valence-corrected chi connectivity index (χ4v) is 2.97. The van der Waals surface area contributed by atoms with Gasteiger partial charge in [-0.05, 0) is 26.7 Å². The van der Waals surface area contributed by atoms with Crippen LogP contribution in [0.1, 0.15) is 40.5 Å². The summed E-state index contributed by atoms with van der Waals surface area (Å²) < 4.78 is 11.0. The molecule has 0 fully saturated rings. The maximum absolute atomic E-state index is 6.59. The molecule has 0 radical (unpaired) electrons. The van der Waals surface area contributed by atoms with E-state index >= 15 is 0 Å². The Labute approximate surface area is 155 Å². The van der Waals surface area contributed by atoms with Crippen LogP contribution in [-0.4, -0.2) is 26.3 Å². The van der Waals surface area contributed by atoms with Crippen LogP contribution in [-0.2, 0) is 0 Å². The maximum atomic E-state index is 6.59. The Bertz CT molecular complexity index is 564. The van der Waals surface area contributed by atoms with E-state index in [1.54, 1.807) is 13.2 Å². The van der Waals surface area contributed by atoms with Gasteiger partial charge in [-0.3, -0.25) is 0 Å². The zero-order valence-corrected chi connectivity index (χ0v) is 16.7. The lowest BCUT2D eigenvalue weighted by atomic mass is 10.2. The Morgan fingerprint density at radius 3 is 2.38 bits per heavy atom. The molecule has 0 spiro atoms. The molecule has 0 aromatic heterocycles. The molecule has 6 heteroatoms. The van der Waals surface area contributed by atoms with Crippen molar-refractivity contribution in [1.82, 2.24) is 5.32 Å². The van der Waals surface area contributed by atoms with E-state index in [4.69, 9.17) is 32.7 Å². The molecule has 1 rings (SSSR count). The van der Waals surface area contributed by atoms with E-state index in [2.05, 4.69) is 32.7 Å². The molecule has 1 N–H and O–H groups in total. The average molecular weight is 375 g/mol. The monoisotopic (exact) mass is 374 g/mol. The van der Waals surface area contributed by atoms with Crippen LogP contribution in [0, 0.1) is 0 Å². The predicted octanol–water partition coefficient (Wildman–Crippen LogP) is 5.48. The van der Waals surface area contributed by atoms with Crippen molar-refractivity contribution in [2.45, 2.75) is 46.6 Å². The van der Waals surface area contributed by atoms with Gasteiger partial charge in [-0.1, -0.05) is 43.6 Å². The number of hydrogen-bond acceptors (Lipinski definition) is 4. The second kappa shape index (κ2) is 9.90. The van der Waals surface area contributed by atoms with Crippen molar-refractivity contribution in [3.63, 3.8) is 0 Å². The Balaban J connectivity index is 3.40. The van der Waals surface area contributed by atoms with Crippen LogP contribution < -0.4 is 19.7 Å². The van der Waals surface area contributed by atoms with Crippen molar-refractivity contribution in [1.29, 1.82) is 0 Å². The van der Waals surface area contributed by atoms with Crippen molar-refractivity contribution in [2.24, 2.45) is 0 Å². The molecule has 0 aliphatic rings. The first kappa shape index (κ1) is 20.8. The van der Waals surface area contributed by atoms with Crippen LogP contribution in [0.4, 0.5) is 5.69 Å². The topological polar surface area (TPSA) is 33.7 Å². The Hall–Kier alpha value is -1.26. The maximum Gasteiger partial charge on any atom is 0.143 e. The minimum absolute atomic E-state index is 0.298. The summed E-state index contributed by atoms with van der Waals surface area (Å²) in [6.45, 7) is 13.6. The molecule has 1 aromatic carbocycles. The normalized spacial score (nSPS) is 11.8. The van der Waals surface area contributed by atoms with Gasteiger partial charge in [-0.25, -0.2) is 0 Å². The summed E-state index contributed by atoms with van der Waals surface area (Å²) in [5.41, 5.74) is 0.656. The first-order valence-electron chi connectivity index (χ1n) is 8.32. The highest BCUT2D eigenvalue weighted by Gasteiger charge is 2.24. The smallest absolute Gasteiger partial charge is 0.143 e. The fourth-order valence-electron chi connectivity index (χ4n) is 2.29. The van der Waals surface area contributed by atoms with Crippen LogP contribution in [0.5, 0.6) is 11.5 Å². The van der Waals surface area contributed by atoms with E-state index in [1.807, 2.05) is 11.8 Å². The van der Waals surface area contributed by atoms with Gasteiger partial charge in [0.25, 0.3) is 0 Å². The summed E-state index contributed by atoms with van der Waals surface area (Å²) in [4.78, 5) is 1.99. The number of benzene rings is 1. The van der Waals surface area contributed by atoms with Crippen molar-refractivity contribution in [3.8, 4) is 11.5 Å². The summed E-state index contributed by atoms with van der Waals surface area (Å²) >= 11 is 13.1. The molecule has 0 saturated heterocycles. The predicted molar refractivity (Wildman–Crippen MR) is 104 cm³/mol. The lowest BCUT2D eigenvalue weighted by Gasteiger charge is -2.31. The van der Waals surface area contributed by atoms with E-state index < -0.39 is 0 Å². The Kier molecular flexibility index (Phi) is 8.57. The Morgan fingerprint density at radius 2 is 1.88 bits per heavy atom. The first-order chi connectivity index (χ1) is 11.4. The largest absolute Gasteiger partial charge is 0.495 e. The fraction of sp³-hybridized carbons (Fsp3) is 0.556. The molecule has 24 heavy (non-hydrogen) atoms. The number of nitrogens with one attached hydrogen (secondary N) is 1. The van der Waals surface area contributed by atoms with E-state index in [0.717, 1.165) is 25.2 Å². The molecule has 136 valence electrons. The summed E-state index contributed by atoms with van der Waals surface area (Å²) in [6.07, 6.45) is 1.90. The first-order valence-corrected chi connectivity index (χ1v) is 9.08. The summed E-state index contributed by atoms with van der Waals surface area (Å²) in [5.74, 6) is 1.83.